The quantitative estimate of drug-likeness (QED) is 0.882. The molecule has 1 N–H and O–H groups in total. The summed E-state index contributed by atoms with van der Waals surface area (Å²) in [6.07, 6.45) is 4.03. The number of hydrogen-bond acceptors (Lipinski definition) is 2. The summed E-state index contributed by atoms with van der Waals surface area (Å²) in [5.74, 6) is 3.44. The first-order chi connectivity index (χ1) is 9.56. The molecular weight excluding hydrogens is 246 g/mol. The number of methoxy groups -OCH3 is 1. The minimum atomic E-state index is 0.467. The summed E-state index contributed by atoms with van der Waals surface area (Å²) < 4.78 is 5.37. The summed E-state index contributed by atoms with van der Waals surface area (Å²) in [5.41, 5.74) is 2.63. The molecule has 112 valence electrons. The van der Waals surface area contributed by atoms with E-state index in [0.29, 0.717) is 6.04 Å². The van der Waals surface area contributed by atoms with Crippen LogP contribution in [0.5, 0.6) is 5.75 Å². The van der Waals surface area contributed by atoms with Crippen LogP contribution in [0, 0.1) is 24.7 Å². The van der Waals surface area contributed by atoms with Crippen molar-refractivity contribution in [2.24, 2.45) is 17.8 Å². The van der Waals surface area contributed by atoms with Gasteiger partial charge in [0.15, 0.2) is 0 Å². The van der Waals surface area contributed by atoms with Gasteiger partial charge in [0.25, 0.3) is 0 Å². The molecule has 2 rings (SSSR count). The summed E-state index contributed by atoms with van der Waals surface area (Å²) in [6.45, 7) is 6.93. The molecular formula is C18H29NO. The van der Waals surface area contributed by atoms with Crippen molar-refractivity contribution in [3.63, 3.8) is 0 Å². The molecule has 20 heavy (non-hydrogen) atoms. The van der Waals surface area contributed by atoms with Crippen molar-refractivity contribution in [3.8, 4) is 5.75 Å². The molecule has 1 fully saturated rings. The molecule has 0 aromatic heterocycles. The van der Waals surface area contributed by atoms with E-state index in [9.17, 15) is 0 Å². The van der Waals surface area contributed by atoms with Gasteiger partial charge >= 0.3 is 0 Å². The second-order valence-corrected chi connectivity index (χ2v) is 6.52. The van der Waals surface area contributed by atoms with Crippen LogP contribution in [0.2, 0.25) is 0 Å². The highest BCUT2D eigenvalue weighted by molar-refractivity contribution is 5.37. The number of benzene rings is 1. The van der Waals surface area contributed by atoms with Gasteiger partial charge in [0.05, 0.1) is 7.11 Å². The SMILES string of the molecule is CNC(c1ccc(OC)c(C)c1)C1CCC(C)C(C)C1. The molecule has 2 nitrogen and oxygen atoms in total. The molecule has 0 amide bonds. The Hall–Kier alpha value is -1.02. The third kappa shape index (κ3) is 3.17. The molecule has 4 unspecified atom stereocenters. The molecule has 1 aromatic carbocycles. The summed E-state index contributed by atoms with van der Waals surface area (Å²) in [7, 11) is 3.83. The number of hydrogen-bond donors (Lipinski definition) is 1. The topological polar surface area (TPSA) is 21.3 Å². The monoisotopic (exact) mass is 275 g/mol. The first-order valence-corrected chi connectivity index (χ1v) is 7.88. The van der Waals surface area contributed by atoms with E-state index in [-0.39, 0.29) is 0 Å². The van der Waals surface area contributed by atoms with Gasteiger partial charge in [-0.15, -0.1) is 0 Å². The van der Waals surface area contributed by atoms with E-state index < -0.39 is 0 Å². The van der Waals surface area contributed by atoms with E-state index in [4.69, 9.17) is 4.74 Å². The van der Waals surface area contributed by atoms with Gasteiger partial charge in [-0.1, -0.05) is 32.4 Å². The van der Waals surface area contributed by atoms with Crippen LogP contribution in [0.3, 0.4) is 0 Å². The second-order valence-electron chi connectivity index (χ2n) is 6.52. The van der Waals surface area contributed by atoms with Gasteiger partial charge in [-0.25, -0.2) is 0 Å². The van der Waals surface area contributed by atoms with E-state index >= 15 is 0 Å². The van der Waals surface area contributed by atoms with Crippen LogP contribution in [0.1, 0.15) is 50.3 Å². The Morgan fingerprint density at radius 3 is 2.50 bits per heavy atom. The Morgan fingerprint density at radius 2 is 1.95 bits per heavy atom. The molecule has 0 spiro atoms. The molecule has 1 aromatic rings. The number of aryl methyl sites for hydroxylation is 1. The summed E-state index contributed by atoms with van der Waals surface area (Å²) in [5, 5.41) is 3.55. The number of rotatable bonds is 4. The van der Waals surface area contributed by atoms with Crippen molar-refractivity contribution >= 4 is 0 Å². The highest BCUT2D eigenvalue weighted by Crippen LogP contribution is 2.40. The lowest BCUT2D eigenvalue weighted by Crippen LogP contribution is -2.31. The fraction of sp³-hybridized carbons (Fsp3) is 0.667. The Kier molecular flexibility index (Phi) is 5.09. The molecule has 1 saturated carbocycles. The number of ether oxygens (including phenoxy) is 1. The predicted molar refractivity (Wildman–Crippen MR) is 85.2 cm³/mol. The molecule has 0 radical (unpaired) electrons. The highest BCUT2D eigenvalue weighted by Gasteiger charge is 2.30. The van der Waals surface area contributed by atoms with Crippen LogP contribution in [0.15, 0.2) is 18.2 Å². The van der Waals surface area contributed by atoms with Gasteiger partial charge in [-0.3, -0.25) is 0 Å². The maximum absolute atomic E-state index is 5.37. The van der Waals surface area contributed by atoms with Crippen LogP contribution in [0.25, 0.3) is 0 Å². The Labute approximate surface area is 123 Å². The lowest BCUT2D eigenvalue weighted by molar-refractivity contribution is 0.174. The molecule has 0 saturated heterocycles. The van der Waals surface area contributed by atoms with E-state index in [1.165, 1.54) is 30.4 Å². The maximum Gasteiger partial charge on any atom is 0.121 e. The molecule has 1 aliphatic rings. The Bertz CT molecular complexity index is 443. The zero-order chi connectivity index (χ0) is 14.7. The van der Waals surface area contributed by atoms with Crippen LogP contribution in [-0.2, 0) is 0 Å². The van der Waals surface area contributed by atoms with Gasteiger partial charge in [0, 0.05) is 6.04 Å². The zero-order valence-corrected chi connectivity index (χ0v) is 13.6. The fourth-order valence-corrected chi connectivity index (χ4v) is 3.66. The van der Waals surface area contributed by atoms with Crippen molar-refractivity contribution in [1.29, 1.82) is 0 Å². The zero-order valence-electron chi connectivity index (χ0n) is 13.6. The van der Waals surface area contributed by atoms with Crippen molar-refractivity contribution < 1.29 is 4.74 Å². The van der Waals surface area contributed by atoms with Crippen molar-refractivity contribution in [3.05, 3.63) is 29.3 Å². The normalized spacial score (nSPS) is 28.1. The van der Waals surface area contributed by atoms with Crippen LogP contribution >= 0.6 is 0 Å². The second kappa shape index (κ2) is 6.62. The first-order valence-electron chi connectivity index (χ1n) is 7.88. The van der Waals surface area contributed by atoms with E-state index in [1.54, 1.807) is 7.11 Å². The molecule has 2 heteroatoms. The van der Waals surface area contributed by atoms with Crippen molar-refractivity contribution in [1.82, 2.24) is 5.32 Å². The van der Waals surface area contributed by atoms with E-state index in [0.717, 1.165) is 23.5 Å². The van der Waals surface area contributed by atoms with Crippen LogP contribution < -0.4 is 10.1 Å². The van der Waals surface area contributed by atoms with Gasteiger partial charge in [-0.05, 0) is 61.8 Å². The smallest absolute Gasteiger partial charge is 0.121 e. The van der Waals surface area contributed by atoms with E-state index in [1.807, 2.05) is 0 Å². The van der Waals surface area contributed by atoms with Crippen molar-refractivity contribution in [2.45, 2.75) is 46.1 Å². The van der Waals surface area contributed by atoms with E-state index in [2.05, 4.69) is 51.3 Å². The standard InChI is InChI=1S/C18H29NO/c1-12-6-7-15(10-13(12)2)18(19-4)16-8-9-17(20-5)14(3)11-16/h8-9,11-13,15,18-19H,6-7,10H2,1-5H3. The minimum Gasteiger partial charge on any atom is -0.496 e. The van der Waals surface area contributed by atoms with Gasteiger partial charge in [0.1, 0.15) is 5.75 Å². The molecule has 0 aliphatic heterocycles. The van der Waals surface area contributed by atoms with Crippen molar-refractivity contribution in [2.75, 3.05) is 14.2 Å². The Balaban J connectivity index is 2.17. The third-order valence-corrected chi connectivity index (χ3v) is 5.20. The first kappa shape index (κ1) is 15.4. The summed E-state index contributed by atoms with van der Waals surface area (Å²) >= 11 is 0. The van der Waals surface area contributed by atoms with Gasteiger partial charge in [0.2, 0.25) is 0 Å². The predicted octanol–water partition coefficient (Wildman–Crippen LogP) is 4.34. The maximum atomic E-state index is 5.37. The average Bonchev–Trinajstić information content (AvgIpc) is 2.44. The summed E-state index contributed by atoms with van der Waals surface area (Å²) in [6, 6.07) is 7.07. The molecule has 0 bridgehead atoms. The fourth-order valence-electron chi connectivity index (χ4n) is 3.66. The largest absolute Gasteiger partial charge is 0.496 e. The van der Waals surface area contributed by atoms with Crippen LogP contribution in [0.4, 0.5) is 0 Å². The summed E-state index contributed by atoms with van der Waals surface area (Å²) in [4.78, 5) is 0. The molecule has 0 heterocycles. The Morgan fingerprint density at radius 1 is 1.20 bits per heavy atom. The number of nitrogens with one attached hydrogen (secondary N) is 1. The van der Waals surface area contributed by atoms with Crippen LogP contribution in [-0.4, -0.2) is 14.2 Å². The van der Waals surface area contributed by atoms with Gasteiger partial charge < -0.3 is 10.1 Å². The third-order valence-electron chi connectivity index (χ3n) is 5.20. The lowest BCUT2D eigenvalue weighted by atomic mass is 9.72. The molecule has 1 aliphatic carbocycles. The lowest BCUT2D eigenvalue weighted by Gasteiger charge is -2.37. The highest BCUT2D eigenvalue weighted by atomic mass is 16.5. The minimum absolute atomic E-state index is 0.467. The average molecular weight is 275 g/mol. The van der Waals surface area contributed by atoms with Gasteiger partial charge in [-0.2, -0.15) is 0 Å². The molecule has 4 atom stereocenters.